The molecule has 2 heteroatoms. The number of hydrogen-bond acceptors (Lipinski definition) is 1. The molecule has 0 amide bonds. The van der Waals surface area contributed by atoms with Crippen LogP contribution >= 0.6 is 0 Å². The second-order valence-electron chi connectivity index (χ2n) is 5.03. The zero-order chi connectivity index (χ0) is 9.41. The van der Waals surface area contributed by atoms with E-state index in [4.69, 9.17) is 5.11 Å². The Morgan fingerprint density at radius 3 is 2.25 bits per heavy atom. The lowest BCUT2D eigenvalue weighted by Crippen LogP contribution is -2.35. The molecule has 0 radical (unpaired) electrons. The maximum absolute atomic E-state index is 10.8. The number of carboxylic acids is 1. The monoisotopic (exact) mass is 170 g/mol. The first-order valence-corrected chi connectivity index (χ1v) is 4.59. The normalized spacial score (nSPS) is 21.6. The van der Waals surface area contributed by atoms with Gasteiger partial charge < -0.3 is 5.11 Å². The highest BCUT2D eigenvalue weighted by Crippen LogP contribution is 2.48. The summed E-state index contributed by atoms with van der Waals surface area (Å²) in [4.78, 5) is 10.8. The fourth-order valence-corrected chi connectivity index (χ4v) is 2.10. The molecule has 1 aliphatic rings. The van der Waals surface area contributed by atoms with Gasteiger partial charge in [0.2, 0.25) is 0 Å². The van der Waals surface area contributed by atoms with Gasteiger partial charge in [0.05, 0.1) is 5.41 Å². The number of rotatable bonds is 3. The van der Waals surface area contributed by atoms with E-state index in [9.17, 15) is 4.79 Å². The first-order valence-electron chi connectivity index (χ1n) is 4.59. The maximum atomic E-state index is 10.8. The standard InChI is InChI=1S/C10H18O2/c1-9(2,8(11)12)7-10(3)5-4-6-10/h4-7H2,1-3H3,(H,11,12). The third-order valence-electron chi connectivity index (χ3n) is 3.01. The van der Waals surface area contributed by atoms with E-state index in [1.54, 1.807) is 0 Å². The Morgan fingerprint density at radius 1 is 1.50 bits per heavy atom. The van der Waals surface area contributed by atoms with E-state index < -0.39 is 11.4 Å². The van der Waals surface area contributed by atoms with Crippen LogP contribution in [0.2, 0.25) is 0 Å². The minimum absolute atomic E-state index is 0.307. The predicted octanol–water partition coefficient (Wildman–Crippen LogP) is 2.68. The SMILES string of the molecule is CC1(CC(C)(C)C(=O)O)CCC1. The van der Waals surface area contributed by atoms with Gasteiger partial charge in [-0.3, -0.25) is 4.79 Å². The van der Waals surface area contributed by atoms with Crippen LogP contribution in [0.25, 0.3) is 0 Å². The third kappa shape index (κ3) is 1.79. The molecule has 0 saturated heterocycles. The van der Waals surface area contributed by atoms with E-state index in [0.29, 0.717) is 5.41 Å². The van der Waals surface area contributed by atoms with Gasteiger partial charge in [0.1, 0.15) is 0 Å². The quantitative estimate of drug-likeness (QED) is 0.707. The first-order chi connectivity index (χ1) is 5.36. The van der Waals surface area contributed by atoms with Gasteiger partial charge in [0.25, 0.3) is 0 Å². The lowest BCUT2D eigenvalue weighted by molar-refractivity contribution is -0.149. The lowest BCUT2D eigenvalue weighted by atomic mass is 9.62. The molecule has 0 aromatic heterocycles. The van der Waals surface area contributed by atoms with Crippen molar-refractivity contribution in [2.75, 3.05) is 0 Å². The number of carbonyl (C=O) groups is 1. The molecule has 0 bridgehead atoms. The average Bonchev–Trinajstić information content (AvgIpc) is 1.83. The van der Waals surface area contributed by atoms with Crippen molar-refractivity contribution in [2.45, 2.75) is 46.5 Å². The number of hydrogen-bond donors (Lipinski definition) is 1. The number of carboxylic acid groups (broad SMARTS) is 1. The highest BCUT2D eigenvalue weighted by Gasteiger charge is 2.40. The lowest BCUT2D eigenvalue weighted by Gasteiger charge is -2.42. The molecule has 12 heavy (non-hydrogen) atoms. The van der Waals surface area contributed by atoms with Gasteiger partial charge in [-0.05, 0) is 38.5 Å². The van der Waals surface area contributed by atoms with Crippen LogP contribution in [0.3, 0.4) is 0 Å². The summed E-state index contributed by atoms with van der Waals surface area (Å²) in [6.07, 6.45) is 4.48. The molecule has 1 aliphatic carbocycles. The minimum atomic E-state index is -0.671. The summed E-state index contributed by atoms with van der Waals surface area (Å²) in [5.74, 6) is -0.671. The van der Waals surface area contributed by atoms with Gasteiger partial charge in [0.15, 0.2) is 0 Å². The van der Waals surface area contributed by atoms with Crippen LogP contribution in [0.15, 0.2) is 0 Å². The summed E-state index contributed by atoms with van der Waals surface area (Å²) in [5, 5.41) is 8.92. The van der Waals surface area contributed by atoms with Crippen molar-refractivity contribution in [3.05, 3.63) is 0 Å². The Balaban J connectivity index is 2.54. The highest BCUT2D eigenvalue weighted by atomic mass is 16.4. The van der Waals surface area contributed by atoms with E-state index in [1.165, 1.54) is 19.3 Å². The summed E-state index contributed by atoms with van der Waals surface area (Å²) < 4.78 is 0. The van der Waals surface area contributed by atoms with Crippen LogP contribution in [0, 0.1) is 10.8 Å². The second kappa shape index (κ2) is 2.75. The van der Waals surface area contributed by atoms with Crippen molar-refractivity contribution < 1.29 is 9.90 Å². The van der Waals surface area contributed by atoms with Crippen LogP contribution < -0.4 is 0 Å². The van der Waals surface area contributed by atoms with E-state index in [1.807, 2.05) is 13.8 Å². The van der Waals surface area contributed by atoms with Crippen molar-refractivity contribution in [2.24, 2.45) is 10.8 Å². The highest BCUT2D eigenvalue weighted by molar-refractivity contribution is 5.73. The molecule has 0 spiro atoms. The van der Waals surface area contributed by atoms with Crippen molar-refractivity contribution in [1.82, 2.24) is 0 Å². The van der Waals surface area contributed by atoms with Gasteiger partial charge >= 0.3 is 5.97 Å². The molecule has 0 heterocycles. The molecule has 1 N–H and O–H groups in total. The van der Waals surface area contributed by atoms with Gasteiger partial charge in [0, 0.05) is 0 Å². The summed E-state index contributed by atoms with van der Waals surface area (Å²) >= 11 is 0. The molecule has 0 aromatic rings. The van der Waals surface area contributed by atoms with Crippen molar-refractivity contribution >= 4 is 5.97 Å². The van der Waals surface area contributed by atoms with Gasteiger partial charge in [-0.2, -0.15) is 0 Å². The van der Waals surface area contributed by atoms with Crippen LogP contribution in [0.1, 0.15) is 46.5 Å². The molecule has 0 aromatic carbocycles. The van der Waals surface area contributed by atoms with Crippen molar-refractivity contribution in [3.8, 4) is 0 Å². The Kier molecular flexibility index (Phi) is 2.19. The van der Waals surface area contributed by atoms with Gasteiger partial charge in [-0.25, -0.2) is 0 Å². The summed E-state index contributed by atoms with van der Waals surface area (Å²) in [7, 11) is 0. The third-order valence-corrected chi connectivity index (χ3v) is 3.01. The van der Waals surface area contributed by atoms with E-state index in [-0.39, 0.29) is 0 Å². The summed E-state index contributed by atoms with van der Waals surface area (Å²) in [5.41, 5.74) is -0.239. The fourth-order valence-electron chi connectivity index (χ4n) is 2.10. The second-order valence-corrected chi connectivity index (χ2v) is 5.03. The molecule has 0 atom stereocenters. The fraction of sp³-hybridized carbons (Fsp3) is 0.900. The Morgan fingerprint density at radius 2 is 2.00 bits per heavy atom. The summed E-state index contributed by atoms with van der Waals surface area (Å²) in [6, 6.07) is 0. The first kappa shape index (κ1) is 9.56. The minimum Gasteiger partial charge on any atom is -0.481 e. The van der Waals surface area contributed by atoms with E-state index >= 15 is 0 Å². The average molecular weight is 170 g/mol. The Labute approximate surface area is 74.0 Å². The van der Waals surface area contributed by atoms with Crippen LogP contribution in [0.5, 0.6) is 0 Å². The summed E-state index contributed by atoms with van der Waals surface area (Å²) in [6.45, 7) is 5.83. The van der Waals surface area contributed by atoms with Gasteiger partial charge in [-0.1, -0.05) is 13.3 Å². The van der Waals surface area contributed by atoms with Gasteiger partial charge in [-0.15, -0.1) is 0 Å². The van der Waals surface area contributed by atoms with Crippen LogP contribution in [-0.4, -0.2) is 11.1 Å². The Hall–Kier alpha value is -0.530. The van der Waals surface area contributed by atoms with Crippen molar-refractivity contribution in [3.63, 3.8) is 0 Å². The smallest absolute Gasteiger partial charge is 0.309 e. The molecule has 70 valence electrons. The maximum Gasteiger partial charge on any atom is 0.309 e. The van der Waals surface area contributed by atoms with Crippen LogP contribution in [-0.2, 0) is 4.79 Å². The topological polar surface area (TPSA) is 37.3 Å². The van der Waals surface area contributed by atoms with E-state index in [2.05, 4.69) is 6.92 Å². The zero-order valence-electron chi connectivity index (χ0n) is 8.18. The Bertz CT molecular complexity index is 190. The molecule has 0 unspecified atom stereocenters. The van der Waals surface area contributed by atoms with Crippen molar-refractivity contribution in [1.29, 1.82) is 0 Å². The molecule has 1 saturated carbocycles. The molecular formula is C10H18O2. The molecular weight excluding hydrogens is 152 g/mol. The molecule has 0 aliphatic heterocycles. The molecule has 1 fully saturated rings. The molecule has 1 rings (SSSR count). The predicted molar refractivity (Wildman–Crippen MR) is 48.0 cm³/mol. The van der Waals surface area contributed by atoms with Crippen LogP contribution in [0.4, 0.5) is 0 Å². The molecule has 2 nitrogen and oxygen atoms in total. The largest absolute Gasteiger partial charge is 0.481 e. The number of aliphatic carboxylic acids is 1. The van der Waals surface area contributed by atoms with E-state index in [0.717, 1.165) is 6.42 Å². The zero-order valence-corrected chi connectivity index (χ0v) is 8.18.